The van der Waals surface area contributed by atoms with Crippen molar-refractivity contribution in [3.8, 4) is 0 Å². The summed E-state index contributed by atoms with van der Waals surface area (Å²) in [6, 6.07) is 11.1. The van der Waals surface area contributed by atoms with Crippen molar-refractivity contribution in [1.29, 1.82) is 0 Å². The summed E-state index contributed by atoms with van der Waals surface area (Å²) in [4.78, 5) is 0. The van der Waals surface area contributed by atoms with Gasteiger partial charge in [0.2, 0.25) is 0 Å². The normalized spacial score (nSPS) is 22.5. The van der Waals surface area contributed by atoms with Crippen LogP contribution in [-0.4, -0.2) is 12.6 Å². The molecule has 0 aliphatic carbocycles. The Bertz CT molecular complexity index is 296. The number of hydrogen-bond donors (Lipinski definition) is 1. The fraction of sp³-hybridized carbons (Fsp3) is 0.333. The van der Waals surface area contributed by atoms with Crippen molar-refractivity contribution >= 4 is 6.08 Å². The second kappa shape index (κ2) is 3.75. The van der Waals surface area contributed by atoms with Gasteiger partial charge < -0.3 is 5.32 Å². The summed E-state index contributed by atoms with van der Waals surface area (Å²) in [5, 5.41) is 3.40. The van der Waals surface area contributed by atoms with Crippen LogP contribution in [0.25, 0.3) is 6.08 Å². The van der Waals surface area contributed by atoms with Crippen molar-refractivity contribution in [2.75, 3.05) is 6.54 Å². The quantitative estimate of drug-likeness (QED) is 0.724. The zero-order chi connectivity index (χ0) is 9.10. The molecular weight excluding hydrogens is 158 g/mol. The zero-order valence-corrected chi connectivity index (χ0v) is 7.96. The molecule has 1 atom stereocenters. The molecule has 13 heavy (non-hydrogen) atoms. The van der Waals surface area contributed by atoms with E-state index in [2.05, 4.69) is 42.6 Å². The molecule has 68 valence electrons. The maximum absolute atomic E-state index is 3.40. The van der Waals surface area contributed by atoms with Gasteiger partial charge in [-0.25, -0.2) is 0 Å². The molecule has 0 radical (unpaired) electrons. The highest BCUT2D eigenvalue weighted by Gasteiger charge is 2.17. The predicted octanol–water partition coefficient (Wildman–Crippen LogP) is 2.45. The molecule has 0 saturated carbocycles. The maximum atomic E-state index is 3.40. The summed E-state index contributed by atoms with van der Waals surface area (Å²) in [6.07, 6.45) is 3.55. The molecule has 1 N–H and O–H groups in total. The fourth-order valence-corrected chi connectivity index (χ4v) is 1.59. The third kappa shape index (κ3) is 1.99. The molecule has 1 fully saturated rings. The van der Waals surface area contributed by atoms with Crippen LogP contribution >= 0.6 is 0 Å². The van der Waals surface area contributed by atoms with E-state index >= 15 is 0 Å². The molecule has 1 heterocycles. The summed E-state index contributed by atoms with van der Waals surface area (Å²) >= 11 is 0. The fourth-order valence-electron chi connectivity index (χ4n) is 1.59. The molecule has 1 aromatic rings. The Morgan fingerprint density at radius 3 is 2.62 bits per heavy atom. The van der Waals surface area contributed by atoms with Crippen LogP contribution in [0.1, 0.15) is 18.9 Å². The van der Waals surface area contributed by atoms with E-state index in [9.17, 15) is 0 Å². The number of hydrogen-bond acceptors (Lipinski definition) is 1. The van der Waals surface area contributed by atoms with Crippen LogP contribution < -0.4 is 5.32 Å². The third-order valence-corrected chi connectivity index (χ3v) is 2.57. The summed E-state index contributed by atoms with van der Waals surface area (Å²) < 4.78 is 0. The van der Waals surface area contributed by atoms with Crippen LogP contribution in [0.3, 0.4) is 0 Å². The summed E-state index contributed by atoms with van der Waals surface area (Å²) in [7, 11) is 0. The van der Waals surface area contributed by atoms with E-state index in [1.807, 2.05) is 6.07 Å². The smallest absolute Gasteiger partial charge is 0.0292 e. The first-order valence-corrected chi connectivity index (χ1v) is 4.83. The lowest BCUT2D eigenvalue weighted by molar-refractivity contribution is 0.420. The lowest BCUT2D eigenvalue weighted by atomic mass is 9.97. The van der Waals surface area contributed by atoms with Crippen molar-refractivity contribution in [3.63, 3.8) is 0 Å². The van der Waals surface area contributed by atoms with Gasteiger partial charge in [0.15, 0.2) is 0 Å². The van der Waals surface area contributed by atoms with Crippen molar-refractivity contribution in [3.05, 3.63) is 41.5 Å². The van der Waals surface area contributed by atoms with Crippen molar-refractivity contribution in [2.45, 2.75) is 19.4 Å². The Kier molecular flexibility index (Phi) is 2.46. The standard InChI is InChI=1S/C12H15N/c1-10(12-7-8-13-12)9-11-5-3-2-4-6-11/h2-6,9,12-13H,7-8H2,1H3/b10-9+. The van der Waals surface area contributed by atoms with Crippen molar-refractivity contribution < 1.29 is 0 Å². The Morgan fingerprint density at radius 2 is 2.08 bits per heavy atom. The van der Waals surface area contributed by atoms with Gasteiger partial charge in [-0.1, -0.05) is 42.0 Å². The SMILES string of the molecule is C/C(=C\c1ccccc1)C1CCN1. The number of benzene rings is 1. The summed E-state index contributed by atoms with van der Waals surface area (Å²) in [6.45, 7) is 3.37. The van der Waals surface area contributed by atoms with Gasteiger partial charge in [-0.3, -0.25) is 0 Å². The largest absolute Gasteiger partial charge is 0.310 e. The number of nitrogens with one attached hydrogen (secondary N) is 1. The first kappa shape index (κ1) is 8.52. The highest BCUT2D eigenvalue weighted by molar-refractivity contribution is 5.53. The lowest BCUT2D eigenvalue weighted by Gasteiger charge is -2.28. The van der Waals surface area contributed by atoms with E-state index < -0.39 is 0 Å². The average molecular weight is 173 g/mol. The second-order valence-corrected chi connectivity index (χ2v) is 3.59. The van der Waals surface area contributed by atoms with Crippen LogP contribution in [0, 0.1) is 0 Å². The molecule has 1 heteroatoms. The Labute approximate surface area is 79.5 Å². The summed E-state index contributed by atoms with van der Waals surface area (Å²) in [5.41, 5.74) is 2.74. The Hall–Kier alpha value is -1.08. The van der Waals surface area contributed by atoms with Crippen LogP contribution in [0.4, 0.5) is 0 Å². The topological polar surface area (TPSA) is 12.0 Å². The zero-order valence-electron chi connectivity index (χ0n) is 7.96. The van der Waals surface area contributed by atoms with E-state index in [4.69, 9.17) is 0 Å². The van der Waals surface area contributed by atoms with Crippen LogP contribution in [0.2, 0.25) is 0 Å². The maximum Gasteiger partial charge on any atom is 0.0292 e. The van der Waals surface area contributed by atoms with Crippen molar-refractivity contribution in [2.24, 2.45) is 0 Å². The van der Waals surface area contributed by atoms with E-state index in [1.165, 1.54) is 24.1 Å². The molecule has 0 amide bonds. The van der Waals surface area contributed by atoms with Gasteiger partial charge >= 0.3 is 0 Å². The molecule has 1 aromatic carbocycles. The highest BCUT2D eigenvalue weighted by Crippen LogP contribution is 2.15. The van der Waals surface area contributed by atoms with Gasteiger partial charge in [0.05, 0.1) is 0 Å². The Balaban J connectivity index is 2.10. The highest BCUT2D eigenvalue weighted by atomic mass is 15.0. The molecule has 2 rings (SSSR count). The monoisotopic (exact) mass is 173 g/mol. The van der Waals surface area contributed by atoms with E-state index in [0.29, 0.717) is 6.04 Å². The van der Waals surface area contributed by atoms with Crippen molar-refractivity contribution in [1.82, 2.24) is 5.32 Å². The van der Waals surface area contributed by atoms with Crippen LogP contribution in [0.5, 0.6) is 0 Å². The van der Waals surface area contributed by atoms with Gasteiger partial charge in [-0.15, -0.1) is 0 Å². The molecule has 1 aliphatic rings. The lowest BCUT2D eigenvalue weighted by Crippen LogP contribution is -2.43. The van der Waals surface area contributed by atoms with E-state index in [1.54, 1.807) is 0 Å². The molecule has 0 aromatic heterocycles. The minimum Gasteiger partial charge on any atom is -0.310 e. The first-order chi connectivity index (χ1) is 6.36. The molecular formula is C12H15N. The van der Waals surface area contributed by atoms with Gasteiger partial charge in [-0.05, 0) is 25.5 Å². The van der Waals surface area contributed by atoms with Gasteiger partial charge in [0.1, 0.15) is 0 Å². The van der Waals surface area contributed by atoms with Gasteiger partial charge in [0.25, 0.3) is 0 Å². The van der Waals surface area contributed by atoms with Gasteiger partial charge in [0, 0.05) is 6.04 Å². The van der Waals surface area contributed by atoms with Gasteiger partial charge in [-0.2, -0.15) is 0 Å². The molecule has 1 unspecified atom stereocenters. The van der Waals surface area contributed by atoms with E-state index in [-0.39, 0.29) is 0 Å². The first-order valence-electron chi connectivity index (χ1n) is 4.83. The third-order valence-electron chi connectivity index (χ3n) is 2.57. The molecule has 1 aliphatic heterocycles. The Morgan fingerprint density at radius 1 is 1.38 bits per heavy atom. The van der Waals surface area contributed by atoms with Crippen LogP contribution in [0.15, 0.2) is 35.9 Å². The minimum atomic E-state index is 0.625. The molecule has 0 bridgehead atoms. The minimum absolute atomic E-state index is 0.625. The predicted molar refractivity (Wildman–Crippen MR) is 56.5 cm³/mol. The number of rotatable bonds is 2. The average Bonchev–Trinajstić information content (AvgIpc) is 2.02. The molecule has 1 saturated heterocycles. The van der Waals surface area contributed by atoms with Crippen LogP contribution in [-0.2, 0) is 0 Å². The molecule has 1 nitrogen and oxygen atoms in total. The van der Waals surface area contributed by atoms with E-state index in [0.717, 1.165) is 0 Å². The second-order valence-electron chi connectivity index (χ2n) is 3.59. The molecule has 0 spiro atoms. The summed E-state index contributed by atoms with van der Waals surface area (Å²) in [5.74, 6) is 0.